The van der Waals surface area contributed by atoms with Crippen LogP contribution < -0.4 is 11.1 Å². The summed E-state index contributed by atoms with van der Waals surface area (Å²) in [7, 11) is 0. The number of nitrogens with two attached hydrogens (primary N) is 1. The summed E-state index contributed by atoms with van der Waals surface area (Å²) in [6.07, 6.45) is 0. The average Bonchev–Trinajstić information content (AvgIpc) is 2.91. The number of nitrogens with one attached hydrogen (secondary N) is 1. The van der Waals surface area contributed by atoms with Gasteiger partial charge in [-0.1, -0.05) is 29.4 Å². The lowest BCUT2D eigenvalue weighted by Gasteiger charge is -2.13. The van der Waals surface area contributed by atoms with Crippen LogP contribution >= 0.6 is 11.3 Å². The Labute approximate surface area is 122 Å². The molecule has 2 aromatic rings. The topological polar surface area (TPSA) is 83.5 Å². The molecular weight excluding hydrogens is 272 g/mol. The molecule has 20 heavy (non-hydrogen) atoms. The first-order valence-electron chi connectivity index (χ1n) is 6.33. The van der Waals surface area contributed by atoms with Gasteiger partial charge in [-0.05, 0) is 19.4 Å². The van der Waals surface area contributed by atoms with E-state index in [1.54, 1.807) is 11.3 Å². The van der Waals surface area contributed by atoms with Crippen molar-refractivity contribution in [3.63, 3.8) is 0 Å². The summed E-state index contributed by atoms with van der Waals surface area (Å²) in [5, 5.41) is 18.4. The minimum absolute atomic E-state index is 0.125. The molecule has 6 heteroatoms. The molecule has 2 rings (SSSR count). The normalized spacial score (nSPS) is 13.4. The predicted octanol–water partition coefficient (Wildman–Crippen LogP) is 2.40. The predicted molar refractivity (Wildman–Crippen MR) is 81.1 cm³/mol. The standard InChI is InChI=1S/C14H18N4OS/c1-9-8-20-14(17-9)10(2)16-7-11-5-3-4-6-12(11)13(15)18-19/h3-6,8,10,16,19H,7H2,1-2H3,(H2,15,18). The second kappa shape index (κ2) is 6.49. The molecule has 106 valence electrons. The third-order valence-electron chi connectivity index (χ3n) is 3.01. The van der Waals surface area contributed by atoms with Gasteiger partial charge in [-0.3, -0.25) is 0 Å². The summed E-state index contributed by atoms with van der Waals surface area (Å²) < 4.78 is 0. The van der Waals surface area contributed by atoms with E-state index in [0.29, 0.717) is 6.54 Å². The largest absolute Gasteiger partial charge is 0.409 e. The highest BCUT2D eigenvalue weighted by Crippen LogP contribution is 2.18. The summed E-state index contributed by atoms with van der Waals surface area (Å²) in [6.45, 7) is 4.69. The number of hydrogen-bond donors (Lipinski definition) is 3. The summed E-state index contributed by atoms with van der Waals surface area (Å²) in [6, 6.07) is 7.76. The fraction of sp³-hybridized carbons (Fsp3) is 0.286. The zero-order valence-corrected chi connectivity index (χ0v) is 12.3. The van der Waals surface area contributed by atoms with Gasteiger partial charge in [-0.2, -0.15) is 0 Å². The van der Waals surface area contributed by atoms with Crippen molar-refractivity contribution in [3.05, 3.63) is 51.5 Å². The molecule has 0 bridgehead atoms. The lowest BCUT2D eigenvalue weighted by molar-refractivity contribution is 0.318. The number of hydrogen-bond acceptors (Lipinski definition) is 5. The van der Waals surface area contributed by atoms with E-state index in [0.717, 1.165) is 21.8 Å². The van der Waals surface area contributed by atoms with Crippen molar-refractivity contribution in [1.29, 1.82) is 0 Å². The van der Waals surface area contributed by atoms with Crippen LogP contribution in [0.25, 0.3) is 0 Å². The maximum atomic E-state index is 8.81. The first kappa shape index (κ1) is 14.5. The molecule has 0 saturated carbocycles. The van der Waals surface area contributed by atoms with Gasteiger partial charge in [0.25, 0.3) is 0 Å². The van der Waals surface area contributed by atoms with E-state index in [9.17, 15) is 0 Å². The number of amidine groups is 1. The van der Waals surface area contributed by atoms with Gasteiger partial charge >= 0.3 is 0 Å². The van der Waals surface area contributed by atoms with Crippen LogP contribution in [-0.2, 0) is 6.54 Å². The third kappa shape index (κ3) is 3.34. The molecule has 0 fully saturated rings. The quantitative estimate of drug-likeness (QED) is 0.342. The molecule has 0 aliphatic rings. The van der Waals surface area contributed by atoms with Crippen LogP contribution in [0.1, 0.15) is 34.8 Å². The van der Waals surface area contributed by atoms with E-state index in [1.165, 1.54) is 0 Å². The fourth-order valence-corrected chi connectivity index (χ4v) is 2.73. The molecule has 0 spiro atoms. The SMILES string of the molecule is Cc1csc(C(C)NCc2ccccc2C(N)=NO)n1. The Bertz CT molecular complexity index is 609. The second-order valence-electron chi connectivity index (χ2n) is 4.57. The summed E-state index contributed by atoms with van der Waals surface area (Å²) in [4.78, 5) is 4.46. The van der Waals surface area contributed by atoms with E-state index in [2.05, 4.69) is 22.4 Å². The fourth-order valence-electron chi connectivity index (χ4n) is 1.90. The number of aryl methyl sites for hydroxylation is 1. The smallest absolute Gasteiger partial charge is 0.170 e. The zero-order valence-electron chi connectivity index (χ0n) is 11.5. The molecule has 4 N–H and O–H groups in total. The lowest BCUT2D eigenvalue weighted by Crippen LogP contribution is -2.22. The maximum absolute atomic E-state index is 8.81. The number of benzene rings is 1. The Morgan fingerprint density at radius 1 is 1.50 bits per heavy atom. The molecule has 1 atom stereocenters. The molecular formula is C14H18N4OS. The van der Waals surface area contributed by atoms with Crippen molar-refractivity contribution >= 4 is 17.2 Å². The number of nitrogens with zero attached hydrogens (tertiary/aromatic N) is 2. The molecule has 0 aliphatic carbocycles. The third-order valence-corrected chi connectivity index (χ3v) is 4.15. The van der Waals surface area contributed by atoms with Crippen LogP contribution in [0.4, 0.5) is 0 Å². The van der Waals surface area contributed by atoms with Gasteiger partial charge in [-0.25, -0.2) is 4.98 Å². The van der Waals surface area contributed by atoms with Gasteiger partial charge in [0.2, 0.25) is 0 Å². The molecule has 0 aliphatic heterocycles. The highest BCUT2D eigenvalue weighted by atomic mass is 32.1. The van der Waals surface area contributed by atoms with Gasteiger partial charge < -0.3 is 16.3 Å². The zero-order chi connectivity index (χ0) is 14.5. The average molecular weight is 290 g/mol. The summed E-state index contributed by atoms with van der Waals surface area (Å²) in [5.41, 5.74) is 8.45. The van der Waals surface area contributed by atoms with Crippen molar-refractivity contribution in [3.8, 4) is 0 Å². The molecule has 0 amide bonds. The van der Waals surface area contributed by atoms with Crippen molar-refractivity contribution in [2.45, 2.75) is 26.4 Å². The molecule has 1 heterocycles. The van der Waals surface area contributed by atoms with E-state index >= 15 is 0 Å². The van der Waals surface area contributed by atoms with Crippen molar-refractivity contribution in [2.24, 2.45) is 10.9 Å². The first-order valence-corrected chi connectivity index (χ1v) is 7.21. The van der Waals surface area contributed by atoms with Crippen molar-refractivity contribution < 1.29 is 5.21 Å². The van der Waals surface area contributed by atoms with E-state index in [-0.39, 0.29) is 11.9 Å². The Balaban J connectivity index is 2.08. The van der Waals surface area contributed by atoms with Gasteiger partial charge in [0, 0.05) is 23.2 Å². The molecule has 0 radical (unpaired) electrons. The Morgan fingerprint density at radius 3 is 2.90 bits per heavy atom. The Morgan fingerprint density at radius 2 is 2.25 bits per heavy atom. The molecule has 1 aromatic heterocycles. The van der Waals surface area contributed by atoms with Crippen molar-refractivity contribution in [1.82, 2.24) is 10.3 Å². The van der Waals surface area contributed by atoms with Crippen molar-refractivity contribution in [2.75, 3.05) is 0 Å². The number of aromatic nitrogens is 1. The van der Waals surface area contributed by atoms with Crippen LogP contribution in [0.5, 0.6) is 0 Å². The van der Waals surface area contributed by atoms with E-state index < -0.39 is 0 Å². The lowest BCUT2D eigenvalue weighted by atomic mass is 10.1. The van der Waals surface area contributed by atoms with Gasteiger partial charge in [0.15, 0.2) is 5.84 Å². The van der Waals surface area contributed by atoms with Crippen LogP contribution in [0.2, 0.25) is 0 Å². The highest BCUT2D eigenvalue weighted by Gasteiger charge is 2.11. The number of rotatable bonds is 5. The minimum Gasteiger partial charge on any atom is -0.409 e. The summed E-state index contributed by atoms with van der Waals surface area (Å²) in [5.74, 6) is 0.125. The molecule has 1 aromatic carbocycles. The maximum Gasteiger partial charge on any atom is 0.170 e. The van der Waals surface area contributed by atoms with Crippen LogP contribution in [0.15, 0.2) is 34.8 Å². The Kier molecular flexibility index (Phi) is 4.70. The van der Waals surface area contributed by atoms with Gasteiger partial charge in [0.1, 0.15) is 5.01 Å². The van der Waals surface area contributed by atoms with E-state index in [4.69, 9.17) is 10.9 Å². The van der Waals surface area contributed by atoms with Crippen LogP contribution in [-0.4, -0.2) is 16.0 Å². The minimum atomic E-state index is 0.125. The first-order chi connectivity index (χ1) is 9.61. The summed E-state index contributed by atoms with van der Waals surface area (Å²) >= 11 is 1.65. The highest BCUT2D eigenvalue weighted by molar-refractivity contribution is 7.09. The molecule has 0 saturated heterocycles. The second-order valence-corrected chi connectivity index (χ2v) is 5.46. The van der Waals surface area contributed by atoms with E-state index in [1.807, 2.05) is 36.6 Å². The molecule has 1 unspecified atom stereocenters. The van der Waals surface area contributed by atoms with Crippen LogP contribution in [0, 0.1) is 6.92 Å². The Hall–Kier alpha value is -1.92. The van der Waals surface area contributed by atoms with Gasteiger partial charge in [-0.15, -0.1) is 11.3 Å². The monoisotopic (exact) mass is 290 g/mol. The van der Waals surface area contributed by atoms with Crippen LogP contribution in [0.3, 0.4) is 0 Å². The number of oxime groups is 1. The van der Waals surface area contributed by atoms with Gasteiger partial charge in [0.05, 0.1) is 6.04 Å². The molecule has 5 nitrogen and oxygen atoms in total. The number of thiazole rings is 1.